The second-order valence-corrected chi connectivity index (χ2v) is 5.18. The van der Waals surface area contributed by atoms with Crippen molar-refractivity contribution in [1.29, 1.82) is 0 Å². The number of halogens is 3. The van der Waals surface area contributed by atoms with E-state index in [1.165, 1.54) is 0 Å². The molecule has 0 radical (unpaired) electrons. The van der Waals surface area contributed by atoms with Crippen molar-refractivity contribution in [3.05, 3.63) is 30.2 Å². The Kier molecular flexibility index (Phi) is 3.73. The first-order valence-corrected chi connectivity index (χ1v) is 6.80. The predicted molar refractivity (Wildman–Crippen MR) is 70.7 cm³/mol. The molecule has 2 atom stereocenters. The number of alkyl halides is 3. The number of rotatable bonds is 3. The van der Waals surface area contributed by atoms with Crippen LogP contribution in [-0.2, 0) is 11.3 Å². The fraction of sp³-hybridized carbons (Fsp3) is 0.462. The summed E-state index contributed by atoms with van der Waals surface area (Å²) < 4.78 is 40.2. The van der Waals surface area contributed by atoms with E-state index in [-0.39, 0.29) is 19.6 Å². The van der Waals surface area contributed by atoms with Gasteiger partial charge in [0.25, 0.3) is 0 Å². The zero-order valence-electron chi connectivity index (χ0n) is 11.5. The first-order chi connectivity index (χ1) is 10.5. The smallest absolute Gasteiger partial charge is 0.348 e. The van der Waals surface area contributed by atoms with Gasteiger partial charge in [-0.05, 0) is 12.1 Å². The summed E-state index contributed by atoms with van der Waals surface area (Å²) in [7, 11) is 0. The Morgan fingerprint density at radius 2 is 2.18 bits per heavy atom. The first-order valence-electron chi connectivity index (χ1n) is 6.80. The van der Waals surface area contributed by atoms with Crippen molar-refractivity contribution in [2.45, 2.75) is 12.7 Å². The van der Waals surface area contributed by atoms with Crippen LogP contribution in [0.25, 0.3) is 5.65 Å². The highest BCUT2D eigenvalue weighted by Crippen LogP contribution is 2.34. The van der Waals surface area contributed by atoms with Crippen molar-refractivity contribution >= 4 is 11.6 Å². The molecule has 0 unspecified atom stereocenters. The Morgan fingerprint density at radius 3 is 2.95 bits per heavy atom. The van der Waals surface area contributed by atoms with Crippen LogP contribution in [0.3, 0.4) is 0 Å². The first kappa shape index (κ1) is 14.8. The number of fused-ring (bicyclic) bond motifs is 1. The molecule has 2 aromatic rings. The highest BCUT2D eigenvalue weighted by atomic mass is 19.4. The fourth-order valence-corrected chi connectivity index (χ4v) is 2.61. The topological polar surface area (TPSA) is 71.3 Å². The predicted octanol–water partition coefficient (Wildman–Crippen LogP) is 0.743. The van der Waals surface area contributed by atoms with E-state index in [0.29, 0.717) is 11.5 Å². The molecule has 2 N–H and O–H groups in total. The molecule has 0 saturated carbocycles. The molecule has 9 heteroatoms. The minimum absolute atomic E-state index is 0.0244. The van der Waals surface area contributed by atoms with E-state index < -0.39 is 23.9 Å². The van der Waals surface area contributed by atoms with Crippen LogP contribution in [0.2, 0.25) is 0 Å². The van der Waals surface area contributed by atoms with Gasteiger partial charge in [0.2, 0.25) is 5.91 Å². The second-order valence-electron chi connectivity index (χ2n) is 5.18. The Balaban J connectivity index is 1.67. The number of carbonyl (C=O) groups excluding carboxylic acids is 1. The molecule has 6 nitrogen and oxygen atoms in total. The monoisotopic (exact) mass is 313 g/mol. The largest absolute Gasteiger partial charge is 0.393 e. The van der Waals surface area contributed by atoms with Crippen LogP contribution in [0.1, 0.15) is 5.82 Å². The summed E-state index contributed by atoms with van der Waals surface area (Å²) in [6, 6.07) is 5.33. The van der Waals surface area contributed by atoms with E-state index in [1.54, 1.807) is 28.8 Å². The lowest BCUT2D eigenvalue weighted by molar-refractivity contribution is -0.182. The number of nitrogens with one attached hydrogen (secondary N) is 2. The second kappa shape index (κ2) is 5.56. The summed E-state index contributed by atoms with van der Waals surface area (Å²) in [4.78, 5) is 12.0. The van der Waals surface area contributed by atoms with Gasteiger partial charge in [-0.1, -0.05) is 6.07 Å². The van der Waals surface area contributed by atoms with Crippen molar-refractivity contribution in [2.75, 3.05) is 13.1 Å². The highest BCUT2D eigenvalue weighted by molar-refractivity contribution is 5.79. The average Bonchev–Trinajstić information content (AvgIpc) is 3.11. The van der Waals surface area contributed by atoms with E-state index >= 15 is 0 Å². The van der Waals surface area contributed by atoms with Crippen LogP contribution in [0, 0.1) is 11.8 Å². The van der Waals surface area contributed by atoms with Crippen molar-refractivity contribution in [2.24, 2.45) is 11.8 Å². The molecule has 1 saturated heterocycles. The highest BCUT2D eigenvalue weighted by Gasteiger charge is 2.49. The fourth-order valence-electron chi connectivity index (χ4n) is 2.61. The maximum atomic E-state index is 12.8. The van der Waals surface area contributed by atoms with Crippen LogP contribution >= 0.6 is 0 Å². The summed E-state index contributed by atoms with van der Waals surface area (Å²) in [5.41, 5.74) is 0.613. The maximum Gasteiger partial charge on any atom is 0.393 e. The molecule has 3 heterocycles. The maximum absolute atomic E-state index is 12.8. The number of aromatic nitrogens is 3. The Morgan fingerprint density at radius 1 is 1.36 bits per heavy atom. The molecule has 0 spiro atoms. The number of pyridine rings is 1. The summed E-state index contributed by atoms with van der Waals surface area (Å²) in [5.74, 6) is -2.92. The van der Waals surface area contributed by atoms with Gasteiger partial charge >= 0.3 is 6.18 Å². The average molecular weight is 313 g/mol. The lowest BCUT2D eigenvalue weighted by atomic mass is 9.94. The molecule has 0 bridgehead atoms. The quantitative estimate of drug-likeness (QED) is 0.877. The number of amides is 1. The Labute approximate surface area is 123 Å². The molecular weight excluding hydrogens is 299 g/mol. The zero-order chi connectivity index (χ0) is 15.7. The van der Waals surface area contributed by atoms with Gasteiger partial charge in [0.15, 0.2) is 11.5 Å². The molecule has 22 heavy (non-hydrogen) atoms. The molecule has 1 aliphatic heterocycles. The zero-order valence-corrected chi connectivity index (χ0v) is 11.5. The third-order valence-electron chi connectivity index (χ3n) is 3.78. The lowest BCUT2D eigenvalue weighted by Crippen LogP contribution is -2.40. The SMILES string of the molecule is O=C(NCc1nnc2ccccn12)[C@@H]1CNC[C@H]1C(F)(F)F. The van der Waals surface area contributed by atoms with Crippen molar-refractivity contribution in [3.8, 4) is 0 Å². The lowest BCUT2D eigenvalue weighted by Gasteiger charge is -2.20. The molecule has 0 aromatic carbocycles. The van der Waals surface area contributed by atoms with E-state index in [2.05, 4.69) is 20.8 Å². The van der Waals surface area contributed by atoms with Gasteiger partial charge in [-0.3, -0.25) is 9.20 Å². The van der Waals surface area contributed by atoms with Crippen molar-refractivity contribution in [1.82, 2.24) is 25.2 Å². The number of nitrogens with zero attached hydrogens (tertiary/aromatic N) is 3. The molecule has 3 rings (SSSR count). The number of hydrogen-bond donors (Lipinski definition) is 2. The van der Waals surface area contributed by atoms with Crippen molar-refractivity contribution < 1.29 is 18.0 Å². The van der Waals surface area contributed by atoms with E-state index in [1.807, 2.05) is 0 Å². The van der Waals surface area contributed by atoms with Gasteiger partial charge in [0.05, 0.1) is 18.4 Å². The summed E-state index contributed by atoms with van der Waals surface area (Å²) in [6.45, 7) is -0.170. The van der Waals surface area contributed by atoms with Gasteiger partial charge in [-0.2, -0.15) is 13.2 Å². The number of carbonyl (C=O) groups is 1. The van der Waals surface area contributed by atoms with E-state index in [0.717, 1.165) is 0 Å². The van der Waals surface area contributed by atoms with E-state index in [4.69, 9.17) is 0 Å². The molecule has 1 aliphatic rings. The van der Waals surface area contributed by atoms with Crippen LogP contribution in [-0.4, -0.2) is 39.8 Å². The standard InChI is InChI=1S/C13H14F3N5O/c14-13(15,16)9-6-17-5-8(9)12(22)18-7-11-20-19-10-3-1-2-4-21(10)11/h1-4,8-9,17H,5-7H2,(H,18,22)/t8-,9-/m1/s1. The summed E-state index contributed by atoms with van der Waals surface area (Å²) >= 11 is 0. The Hall–Kier alpha value is -2.16. The minimum Gasteiger partial charge on any atom is -0.348 e. The molecule has 1 amide bonds. The van der Waals surface area contributed by atoms with Gasteiger partial charge in [-0.25, -0.2) is 0 Å². The molecule has 2 aromatic heterocycles. The Bertz CT molecular complexity index is 684. The van der Waals surface area contributed by atoms with Crippen LogP contribution in [0.15, 0.2) is 24.4 Å². The minimum atomic E-state index is -4.38. The van der Waals surface area contributed by atoms with Gasteiger partial charge in [0, 0.05) is 19.3 Å². The third-order valence-corrected chi connectivity index (χ3v) is 3.78. The summed E-state index contributed by atoms with van der Waals surface area (Å²) in [6.07, 6.45) is -2.65. The van der Waals surface area contributed by atoms with Crippen molar-refractivity contribution in [3.63, 3.8) is 0 Å². The van der Waals surface area contributed by atoms with Gasteiger partial charge in [0.1, 0.15) is 0 Å². The molecule has 118 valence electrons. The normalized spacial score (nSPS) is 22.1. The van der Waals surface area contributed by atoms with Gasteiger partial charge < -0.3 is 10.6 Å². The number of hydrogen-bond acceptors (Lipinski definition) is 4. The van der Waals surface area contributed by atoms with Crippen LogP contribution in [0.5, 0.6) is 0 Å². The summed E-state index contributed by atoms with van der Waals surface area (Å²) in [5, 5.41) is 13.0. The van der Waals surface area contributed by atoms with E-state index in [9.17, 15) is 18.0 Å². The van der Waals surface area contributed by atoms with Crippen LogP contribution in [0.4, 0.5) is 13.2 Å². The molecule has 0 aliphatic carbocycles. The van der Waals surface area contributed by atoms with Crippen LogP contribution < -0.4 is 10.6 Å². The third kappa shape index (κ3) is 2.76. The van der Waals surface area contributed by atoms with Gasteiger partial charge in [-0.15, -0.1) is 10.2 Å². The molecular formula is C13H14F3N5O. The molecule has 1 fully saturated rings.